The standard InChI is InChI=1S/C12H21NO4/c1-2-6-17-8-11(14)13-7-9-4-3-5-10(9)12(15)16/h9-10H,2-8H2,1H3,(H,13,14)(H,15,16). The molecule has 0 heterocycles. The largest absolute Gasteiger partial charge is 0.481 e. The fourth-order valence-corrected chi connectivity index (χ4v) is 2.21. The molecule has 0 aromatic heterocycles. The molecule has 2 N–H and O–H groups in total. The molecule has 2 atom stereocenters. The number of nitrogens with one attached hydrogen (secondary N) is 1. The van der Waals surface area contributed by atoms with Crippen molar-refractivity contribution in [1.82, 2.24) is 5.32 Å². The highest BCUT2D eigenvalue weighted by Gasteiger charge is 2.32. The van der Waals surface area contributed by atoms with Crippen LogP contribution in [0.2, 0.25) is 0 Å². The van der Waals surface area contributed by atoms with Crippen LogP contribution < -0.4 is 5.32 Å². The second-order valence-electron chi connectivity index (χ2n) is 4.49. The molecule has 1 aliphatic rings. The van der Waals surface area contributed by atoms with Crippen LogP contribution in [-0.2, 0) is 14.3 Å². The predicted molar refractivity (Wildman–Crippen MR) is 62.6 cm³/mol. The van der Waals surface area contributed by atoms with Crippen molar-refractivity contribution in [2.24, 2.45) is 11.8 Å². The lowest BCUT2D eigenvalue weighted by Gasteiger charge is -2.16. The number of ether oxygens (including phenoxy) is 1. The van der Waals surface area contributed by atoms with Crippen molar-refractivity contribution in [2.75, 3.05) is 19.8 Å². The van der Waals surface area contributed by atoms with Crippen molar-refractivity contribution < 1.29 is 19.4 Å². The van der Waals surface area contributed by atoms with Crippen molar-refractivity contribution in [3.63, 3.8) is 0 Å². The number of carbonyl (C=O) groups excluding carboxylic acids is 1. The summed E-state index contributed by atoms with van der Waals surface area (Å²) in [6.45, 7) is 3.08. The second kappa shape index (κ2) is 7.27. The smallest absolute Gasteiger partial charge is 0.306 e. The van der Waals surface area contributed by atoms with Crippen LogP contribution in [0.1, 0.15) is 32.6 Å². The summed E-state index contributed by atoms with van der Waals surface area (Å²) in [4.78, 5) is 22.3. The summed E-state index contributed by atoms with van der Waals surface area (Å²) < 4.78 is 5.11. The number of carbonyl (C=O) groups is 2. The summed E-state index contributed by atoms with van der Waals surface area (Å²) in [7, 11) is 0. The monoisotopic (exact) mass is 243 g/mol. The maximum absolute atomic E-state index is 11.4. The van der Waals surface area contributed by atoms with Gasteiger partial charge in [0.25, 0.3) is 0 Å². The van der Waals surface area contributed by atoms with Gasteiger partial charge in [-0.2, -0.15) is 0 Å². The van der Waals surface area contributed by atoms with Crippen LogP contribution in [0.3, 0.4) is 0 Å². The Labute approximate surface area is 102 Å². The van der Waals surface area contributed by atoms with Crippen molar-refractivity contribution in [1.29, 1.82) is 0 Å². The van der Waals surface area contributed by atoms with Gasteiger partial charge in [0, 0.05) is 13.2 Å². The van der Waals surface area contributed by atoms with Crippen LogP contribution in [0.15, 0.2) is 0 Å². The molecular formula is C12H21NO4. The topological polar surface area (TPSA) is 75.6 Å². The van der Waals surface area contributed by atoms with Gasteiger partial charge in [0.05, 0.1) is 5.92 Å². The number of carboxylic acid groups (broad SMARTS) is 1. The minimum atomic E-state index is -0.746. The van der Waals surface area contributed by atoms with Crippen molar-refractivity contribution in [2.45, 2.75) is 32.6 Å². The molecule has 1 fully saturated rings. The second-order valence-corrected chi connectivity index (χ2v) is 4.49. The van der Waals surface area contributed by atoms with E-state index in [0.717, 1.165) is 25.7 Å². The van der Waals surface area contributed by atoms with Crippen LogP contribution in [0.4, 0.5) is 0 Å². The van der Waals surface area contributed by atoms with Crippen LogP contribution in [-0.4, -0.2) is 36.7 Å². The maximum atomic E-state index is 11.4. The van der Waals surface area contributed by atoms with Crippen molar-refractivity contribution >= 4 is 11.9 Å². The molecule has 0 radical (unpaired) electrons. The van der Waals surface area contributed by atoms with E-state index in [9.17, 15) is 9.59 Å². The molecule has 0 spiro atoms. The lowest BCUT2D eigenvalue weighted by Crippen LogP contribution is -2.35. The van der Waals surface area contributed by atoms with Gasteiger partial charge in [-0.1, -0.05) is 13.3 Å². The highest BCUT2D eigenvalue weighted by atomic mass is 16.5. The average molecular weight is 243 g/mol. The average Bonchev–Trinajstić information content (AvgIpc) is 2.75. The Bertz CT molecular complexity index is 267. The van der Waals surface area contributed by atoms with Gasteiger partial charge in [0.1, 0.15) is 6.61 Å². The van der Waals surface area contributed by atoms with Crippen molar-refractivity contribution in [3.8, 4) is 0 Å². The number of hydrogen-bond acceptors (Lipinski definition) is 3. The Morgan fingerprint density at radius 2 is 2.18 bits per heavy atom. The molecule has 1 rings (SSSR count). The lowest BCUT2D eigenvalue weighted by molar-refractivity contribution is -0.143. The summed E-state index contributed by atoms with van der Waals surface area (Å²) in [6, 6.07) is 0. The molecule has 0 aliphatic heterocycles. The quantitative estimate of drug-likeness (QED) is 0.655. The van der Waals surface area contributed by atoms with Crippen LogP contribution in [0.5, 0.6) is 0 Å². The van der Waals surface area contributed by atoms with Gasteiger partial charge in [-0.25, -0.2) is 0 Å². The molecule has 0 aromatic rings. The molecule has 0 saturated heterocycles. The zero-order chi connectivity index (χ0) is 12.7. The first kappa shape index (κ1) is 14.0. The Morgan fingerprint density at radius 1 is 1.41 bits per heavy atom. The van der Waals surface area contributed by atoms with E-state index in [0.29, 0.717) is 13.2 Å². The van der Waals surface area contributed by atoms with E-state index in [1.807, 2.05) is 6.92 Å². The van der Waals surface area contributed by atoms with Gasteiger partial charge >= 0.3 is 5.97 Å². The van der Waals surface area contributed by atoms with E-state index in [-0.39, 0.29) is 24.3 Å². The Hall–Kier alpha value is -1.10. The highest BCUT2D eigenvalue weighted by Crippen LogP contribution is 2.31. The molecule has 1 aliphatic carbocycles. The number of rotatable bonds is 7. The van der Waals surface area contributed by atoms with Gasteiger partial charge in [0.2, 0.25) is 5.91 Å². The molecule has 5 heteroatoms. The number of carboxylic acids is 1. The molecule has 0 bridgehead atoms. The number of amides is 1. The van der Waals surface area contributed by atoms with E-state index >= 15 is 0 Å². The van der Waals surface area contributed by atoms with E-state index in [2.05, 4.69) is 5.32 Å². The fourth-order valence-electron chi connectivity index (χ4n) is 2.21. The number of hydrogen-bond donors (Lipinski definition) is 2. The minimum absolute atomic E-state index is 0.0678. The van der Waals surface area contributed by atoms with Gasteiger partial charge in [0.15, 0.2) is 0 Å². The van der Waals surface area contributed by atoms with E-state index < -0.39 is 5.97 Å². The third-order valence-electron chi connectivity index (χ3n) is 3.12. The third-order valence-corrected chi connectivity index (χ3v) is 3.12. The molecule has 0 aromatic carbocycles. The summed E-state index contributed by atoms with van der Waals surface area (Å²) in [6.07, 6.45) is 3.43. The van der Waals surface area contributed by atoms with E-state index in [1.165, 1.54) is 0 Å². The minimum Gasteiger partial charge on any atom is -0.481 e. The SMILES string of the molecule is CCCOCC(=O)NCC1CCCC1C(=O)O. The number of aliphatic carboxylic acids is 1. The predicted octanol–water partition coefficient (Wildman–Crippen LogP) is 1.03. The summed E-state index contributed by atoms with van der Waals surface area (Å²) in [5.41, 5.74) is 0. The van der Waals surface area contributed by atoms with Crippen LogP contribution in [0.25, 0.3) is 0 Å². The lowest BCUT2D eigenvalue weighted by atomic mass is 9.96. The molecular weight excluding hydrogens is 222 g/mol. The molecule has 1 saturated carbocycles. The van der Waals surface area contributed by atoms with Crippen LogP contribution in [0, 0.1) is 11.8 Å². The summed E-state index contributed by atoms with van der Waals surface area (Å²) in [5.74, 6) is -1.13. The zero-order valence-corrected chi connectivity index (χ0v) is 10.3. The molecule has 5 nitrogen and oxygen atoms in total. The molecule has 2 unspecified atom stereocenters. The first-order valence-electron chi connectivity index (χ1n) is 6.22. The maximum Gasteiger partial charge on any atom is 0.306 e. The van der Waals surface area contributed by atoms with Crippen molar-refractivity contribution in [3.05, 3.63) is 0 Å². The highest BCUT2D eigenvalue weighted by molar-refractivity contribution is 5.77. The zero-order valence-electron chi connectivity index (χ0n) is 10.3. The molecule has 98 valence electrons. The van der Waals surface area contributed by atoms with E-state index in [4.69, 9.17) is 9.84 Å². The normalized spacial score (nSPS) is 23.6. The van der Waals surface area contributed by atoms with Gasteiger partial charge < -0.3 is 15.2 Å². The summed E-state index contributed by atoms with van der Waals surface area (Å²) in [5, 5.41) is 11.7. The van der Waals surface area contributed by atoms with Crippen LogP contribution >= 0.6 is 0 Å². The first-order valence-corrected chi connectivity index (χ1v) is 6.22. The first-order chi connectivity index (χ1) is 8.15. The Morgan fingerprint density at radius 3 is 2.82 bits per heavy atom. The molecule has 1 amide bonds. The van der Waals surface area contributed by atoms with Gasteiger partial charge in [-0.05, 0) is 25.2 Å². The Kier molecular flexibility index (Phi) is 5.97. The fraction of sp³-hybridized carbons (Fsp3) is 0.833. The van der Waals surface area contributed by atoms with Gasteiger partial charge in [-0.15, -0.1) is 0 Å². The van der Waals surface area contributed by atoms with E-state index in [1.54, 1.807) is 0 Å². The Balaban J connectivity index is 2.21. The third kappa shape index (κ3) is 4.73. The summed E-state index contributed by atoms with van der Waals surface area (Å²) >= 11 is 0. The van der Waals surface area contributed by atoms with Gasteiger partial charge in [-0.3, -0.25) is 9.59 Å². The molecule has 17 heavy (non-hydrogen) atoms.